The molecule has 1 amide bonds. The fourth-order valence-corrected chi connectivity index (χ4v) is 3.14. The number of para-hydroxylation sites is 1. The van der Waals surface area contributed by atoms with Gasteiger partial charge in [0, 0.05) is 10.2 Å². The van der Waals surface area contributed by atoms with Crippen molar-refractivity contribution >= 4 is 33.5 Å². The summed E-state index contributed by atoms with van der Waals surface area (Å²) in [7, 11) is 0. The Labute approximate surface area is 184 Å². The lowest BCUT2D eigenvalue weighted by molar-refractivity contribution is -0.147. The Kier molecular flexibility index (Phi) is 9.16. The van der Waals surface area contributed by atoms with Gasteiger partial charge in [-0.15, -0.1) is 0 Å². The molecule has 0 aliphatic heterocycles. The van der Waals surface area contributed by atoms with Gasteiger partial charge in [-0.25, -0.2) is 0 Å². The summed E-state index contributed by atoms with van der Waals surface area (Å²) in [5, 5.41) is 9.00. The van der Waals surface area contributed by atoms with E-state index in [1.807, 2.05) is 26.0 Å². The van der Waals surface area contributed by atoms with Gasteiger partial charge in [-0.3, -0.25) is 14.5 Å². The van der Waals surface area contributed by atoms with Crippen LogP contribution in [-0.4, -0.2) is 38.2 Å². The smallest absolute Gasteiger partial charge is 0.310 e. The van der Waals surface area contributed by atoms with Crippen LogP contribution in [0.1, 0.15) is 19.4 Å². The van der Waals surface area contributed by atoms with Gasteiger partial charge < -0.3 is 14.2 Å². The van der Waals surface area contributed by atoms with Gasteiger partial charge in [-0.1, -0.05) is 34.1 Å². The molecular weight excluding hydrogens is 452 g/mol. The highest BCUT2D eigenvalue weighted by molar-refractivity contribution is 9.10. The molecule has 0 saturated carbocycles. The van der Waals surface area contributed by atoms with Gasteiger partial charge in [0.1, 0.15) is 6.54 Å². The van der Waals surface area contributed by atoms with Crippen LogP contribution in [0.25, 0.3) is 0 Å². The average molecular weight is 475 g/mol. The van der Waals surface area contributed by atoms with Gasteiger partial charge in [0.2, 0.25) is 0 Å². The fraction of sp³-hybridized carbons (Fsp3) is 0.318. The minimum atomic E-state index is -0.569. The summed E-state index contributed by atoms with van der Waals surface area (Å²) in [6.07, 6.45) is -0.0517. The lowest BCUT2D eigenvalue weighted by Gasteiger charge is -2.19. The van der Waals surface area contributed by atoms with Crippen LogP contribution in [0.3, 0.4) is 0 Å². The molecule has 2 aromatic rings. The Morgan fingerprint density at radius 2 is 1.70 bits per heavy atom. The number of halogens is 1. The third-order valence-corrected chi connectivity index (χ3v) is 4.74. The fourth-order valence-electron chi connectivity index (χ4n) is 2.68. The number of anilines is 1. The number of hydrogen-bond acceptors (Lipinski definition) is 6. The predicted molar refractivity (Wildman–Crippen MR) is 116 cm³/mol. The number of hydrogen-bond donors (Lipinski definition) is 0. The third-order valence-electron chi connectivity index (χ3n) is 4.00. The van der Waals surface area contributed by atoms with E-state index < -0.39 is 18.5 Å². The number of ether oxygens (including phenoxy) is 3. The van der Waals surface area contributed by atoms with Crippen LogP contribution < -0.4 is 14.4 Å². The zero-order valence-electron chi connectivity index (χ0n) is 16.9. The molecule has 158 valence electrons. The van der Waals surface area contributed by atoms with E-state index in [0.29, 0.717) is 40.4 Å². The number of amides is 1. The minimum absolute atomic E-state index is 0.0517. The highest BCUT2D eigenvalue weighted by Gasteiger charge is 2.19. The number of nitriles is 1. The van der Waals surface area contributed by atoms with Crippen molar-refractivity contribution in [3.8, 4) is 17.6 Å². The molecule has 0 aromatic heterocycles. The van der Waals surface area contributed by atoms with Crippen LogP contribution in [0.4, 0.5) is 5.69 Å². The summed E-state index contributed by atoms with van der Waals surface area (Å²) >= 11 is 3.43. The van der Waals surface area contributed by atoms with Crippen molar-refractivity contribution < 1.29 is 23.8 Å². The summed E-state index contributed by atoms with van der Waals surface area (Å²) < 4.78 is 17.0. The lowest BCUT2D eigenvalue weighted by Crippen LogP contribution is -2.35. The summed E-state index contributed by atoms with van der Waals surface area (Å²) in [6.45, 7) is 4.07. The van der Waals surface area contributed by atoms with Crippen molar-refractivity contribution in [2.75, 3.05) is 31.3 Å². The maximum atomic E-state index is 12.5. The predicted octanol–water partition coefficient (Wildman–Crippen LogP) is 3.89. The summed E-state index contributed by atoms with van der Waals surface area (Å²) in [6, 6.07) is 14.2. The molecule has 2 rings (SSSR count). The largest absolute Gasteiger partial charge is 0.490 e. The van der Waals surface area contributed by atoms with E-state index >= 15 is 0 Å². The number of rotatable bonds is 10. The van der Waals surface area contributed by atoms with E-state index in [2.05, 4.69) is 15.9 Å². The molecule has 30 heavy (non-hydrogen) atoms. The molecule has 0 aliphatic rings. The minimum Gasteiger partial charge on any atom is -0.490 e. The molecule has 7 nitrogen and oxygen atoms in total. The molecule has 0 heterocycles. The van der Waals surface area contributed by atoms with Gasteiger partial charge >= 0.3 is 5.97 Å². The Morgan fingerprint density at radius 1 is 1.07 bits per heavy atom. The monoisotopic (exact) mass is 474 g/mol. The standard InChI is InChI=1S/C22H23BrN2O5/c1-3-28-19-12-16(18(23)14-20(19)29-4-2)13-22(27)30-15-21(26)25(11-10-24)17-8-6-5-7-9-17/h5-9,12,14H,3-4,11,13,15H2,1-2H3. The first-order valence-electron chi connectivity index (χ1n) is 9.46. The first-order chi connectivity index (χ1) is 14.5. The second-order valence-electron chi connectivity index (χ2n) is 6.07. The van der Waals surface area contributed by atoms with Crippen LogP contribution in [0, 0.1) is 11.3 Å². The van der Waals surface area contributed by atoms with Crippen LogP contribution in [0.15, 0.2) is 46.9 Å². The van der Waals surface area contributed by atoms with Crippen LogP contribution in [0.2, 0.25) is 0 Å². The molecule has 0 spiro atoms. The zero-order valence-corrected chi connectivity index (χ0v) is 18.5. The highest BCUT2D eigenvalue weighted by Crippen LogP contribution is 2.34. The van der Waals surface area contributed by atoms with E-state index in [1.165, 1.54) is 4.90 Å². The van der Waals surface area contributed by atoms with Gasteiger partial charge in [-0.05, 0) is 43.7 Å². The van der Waals surface area contributed by atoms with Crippen molar-refractivity contribution in [2.24, 2.45) is 0 Å². The maximum Gasteiger partial charge on any atom is 0.310 e. The molecule has 0 fully saturated rings. The molecule has 2 aromatic carbocycles. The molecule has 0 bridgehead atoms. The first-order valence-corrected chi connectivity index (χ1v) is 10.2. The van der Waals surface area contributed by atoms with Gasteiger partial charge in [0.25, 0.3) is 5.91 Å². The molecule has 0 saturated heterocycles. The second-order valence-corrected chi connectivity index (χ2v) is 6.92. The Morgan fingerprint density at radius 3 is 2.30 bits per heavy atom. The molecule has 0 radical (unpaired) electrons. The number of carbonyl (C=O) groups excluding carboxylic acids is 2. The second kappa shape index (κ2) is 11.8. The third kappa shape index (κ3) is 6.49. The summed E-state index contributed by atoms with van der Waals surface area (Å²) in [5.74, 6) is 0.0664. The van der Waals surface area contributed by atoms with Crippen molar-refractivity contribution in [3.63, 3.8) is 0 Å². The Hall–Kier alpha value is -3.05. The van der Waals surface area contributed by atoms with E-state index in [0.717, 1.165) is 0 Å². The summed E-state index contributed by atoms with van der Waals surface area (Å²) in [5.41, 5.74) is 1.21. The van der Waals surface area contributed by atoms with Crippen molar-refractivity contribution in [1.82, 2.24) is 0 Å². The van der Waals surface area contributed by atoms with Crippen molar-refractivity contribution in [1.29, 1.82) is 5.26 Å². The number of nitrogens with zero attached hydrogens (tertiary/aromatic N) is 2. The van der Waals surface area contributed by atoms with E-state index in [4.69, 9.17) is 19.5 Å². The quantitative estimate of drug-likeness (QED) is 0.383. The highest BCUT2D eigenvalue weighted by atomic mass is 79.9. The van der Waals surface area contributed by atoms with Gasteiger partial charge in [0.05, 0.1) is 25.7 Å². The average Bonchev–Trinajstić information content (AvgIpc) is 2.74. The van der Waals surface area contributed by atoms with Gasteiger partial charge in [0.15, 0.2) is 18.1 Å². The number of carbonyl (C=O) groups is 2. The topological polar surface area (TPSA) is 88.9 Å². The van der Waals surface area contributed by atoms with Crippen molar-refractivity contribution in [3.05, 3.63) is 52.5 Å². The Balaban J connectivity index is 2.04. The molecular formula is C22H23BrN2O5. The SMILES string of the molecule is CCOc1cc(Br)c(CC(=O)OCC(=O)N(CC#N)c2ccccc2)cc1OCC. The molecule has 0 N–H and O–H groups in total. The van der Waals surface area contributed by atoms with Crippen LogP contribution in [-0.2, 0) is 20.7 Å². The molecule has 0 unspecified atom stereocenters. The molecule has 0 aliphatic carbocycles. The maximum absolute atomic E-state index is 12.5. The normalized spacial score (nSPS) is 10.1. The first kappa shape index (κ1) is 23.2. The van der Waals surface area contributed by atoms with Gasteiger partial charge in [-0.2, -0.15) is 5.26 Å². The molecule has 0 atom stereocenters. The van der Waals surface area contributed by atoms with E-state index in [1.54, 1.807) is 36.4 Å². The molecule has 8 heteroatoms. The van der Waals surface area contributed by atoms with Crippen LogP contribution in [0.5, 0.6) is 11.5 Å². The summed E-state index contributed by atoms with van der Waals surface area (Å²) in [4.78, 5) is 26.1. The zero-order chi connectivity index (χ0) is 21.9. The Bertz CT molecular complexity index is 912. The van der Waals surface area contributed by atoms with E-state index in [-0.39, 0.29) is 13.0 Å². The van der Waals surface area contributed by atoms with Crippen LogP contribution >= 0.6 is 15.9 Å². The number of esters is 1. The van der Waals surface area contributed by atoms with Crippen molar-refractivity contribution in [2.45, 2.75) is 20.3 Å². The number of benzene rings is 2. The van der Waals surface area contributed by atoms with E-state index in [9.17, 15) is 9.59 Å². The lowest BCUT2D eigenvalue weighted by atomic mass is 10.1.